The molecule has 0 aliphatic carbocycles. The second kappa shape index (κ2) is 3.00. The fraction of sp³-hybridized carbons (Fsp3) is 0.143. The highest BCUT2D eigenvalue weighted by atomic mass is 79.9. The molecular formula is C7H8BrN3. The molecule has 0 spiro atoms. The van der Waals surface area contributed by atoms with Gasteiger partial charge in [-0.3, -0.25) is 0 Å². The van der Waals surface area contributed by atoms with Crippen LogP contribution in [0.15, 0.2) is 22.2 Å². The van der Waals surface area contributed by atoms with Crippen LogP contribution in [0, 0.1) is 0 Å². The molecular weight excluding hydrogens is 206 g/mol. The zero-order valence-corrected chi connectivity index (χ0v) is 7.80. The second-order valence-electron chi connectivity index (χ2n) is 2.13. The average Bonchev–Trinajstić information content (AvgIpc) is 2.30. The summed E-state index contributed by atoms with van der Waals surface area (Å²) in [6.45, 7) is 9.01. The number of hydrogen-bond donors (Lipinski definition) is 0. The second-order valence-corrected chi connectivity index (χ2v) is 2.94. The number of halogens is 1. The third-order valence-corrected chi connectivity index (χ3v) is 1.57. The van der Waals surface area contributed by atoms with E-state index in [1.807, 2.05) is 6.92 Å². The fourth-order valence-corrected chi connectivity index (χ4v) is 1.10. The van der Waals surface area contributed by atoms with Crippen molar-refractivity contribution in [1.29, 1.82) is 0 Å². The summed E-state index contributed by atoms with van der Waals surface area (Å²) >= 11 is 3.23. The lowest BCUT2D eigenvalue weighted by Crippen LogP contribution is -1.92. The van der Waals surface area contributed by atoms with Gasteiger partial charge in [0, 0.05) is 11.8 Å². The molecule has 0 N–H and O–H groups in total. The van der Waals surface area contributed by atoms with Gasteiger partial charge in [-0.05, 0) is 29.6 Å². The summed E-state index contributed by atoms with van der Waals surface area (Å²) in [5.74, 6) is 0.698. The van der Waals surface area contributed by atoms with Crippen LogP contribution in [0.3, 0.4) is 0 Å². The Kier molecular flexibility index (Phi) is 2.24. The van der Waals surface area contributed by atoms with Gasteiger partial charge in [0.15, 0.2) is 5.82 Å². The molecule has 0 saturated carbocycles. The van der Waals surface area contributed by atoms with Gasteiger partial charge in [-0.1, -0.05) is 6.58 Å². The summed E-state index contributed by atoms with van der Waals surface area (Å²) in [7, 11) is 0. The molecule has 0 saturated heterocycles. The van der Waals surface area contributed by atoms with Crippen molar-refractivity contribution >= 4 is 34.2 Å². The smallest absolute Gasteiger partial charge is 0.155 e. The van der Waals surface area contributed by atoms with Gasteiger partial charge in [-0.2, -0.15) is 5.10 Å². The van der Waals surface area contributed by atoms with E-state index in [1.54, 1.807) is 10.7 Å². The molecule has 0 aromatic carbocycles. The summed E-state index contributed by atoms with van der Waals surface area (Å²) in [6.07, 6.45) is 0. The Morgan fingerprint density at radius 2 is 2.45 bits per heavy atom. The zero-order chi connectivity index (χ0) is 8.43. The molecule has 0 atom stereocenters. The van der Waals surface area contributed by atoms with Crippen LogP contribution in [0.5, 0.6) is 0 Å². The van der Waals surface area contributed by atoms with Crippen molar-refractivity contribution in [2.24, 2.45) is 4.99 Å². The Labute approximate surface area is 73.6 Å². The summed E-state index contributed by atoms with van der Waals surface area (Å²) in [5.41, 5.74) is 0.818. The number of aromatic nitrogens is 2. The van der Waals surface area contributed by atoms with E-state index in [4.69, 9.17) is 0 Å². The molecule has 1 aromatic heterocycles. The zero-order valence-electron chi connectivity index (χ0n) is 6.21. The van der Waals surface area contributed by atoms with Crippen LogP contribution in [0.2, 0.25) is 0 Å². The molecule has 11 heavy (non-hydrogen) atoms. The first kappa shape index (κ1) is 8.20. The molecule has 58 valence electrons. The van der Waals surface area contributed by atoms with Gasteiger partial charge in [0.1, 0.15) is 4.60 Å². The lowest BCUT2D eigenvalue weighted by atomic mass is 10.5. The van der Waals surface area contributed by atoms with Crippen LogP contribution in [0.4, 0.5) is 5.82 Å². The first-order valence-corrected chi connectivity index (χ1v) is 3.82. The van der Waals surface area contributed by atoms with Crippen molar-refractivity contribution < 1.29 is 0 Å². The van der Waals surface area contributed by atoms with E-state index < -0.39 is 0 Å². The van der Waals surface area contributed by atoms with Crippen LogP contribution in [-0.4, -0.2) is 16.5 Å². The molecule has 0 unspecified atom stereocenters. The van der Waals surface area contributed by atoms with Crippen LogP contribution in [0.25, 0.3) is 5.70 Å². The Morgan fingerprint density at radius 3 is 2.82 bits per heavy atom. The molecule has 4 heteroatoms. The van der Waals surface area contributed by atoms with Gasteiger partial charge in [0.25, 0.3) is 0 Å². The van der Waals surface area contributed by atoms with Crippen LogP contribution >= 0.6 is 15.9 Å². The van der Waals surface area contributed by atoms with Gasteiger partial charge < -0.3 is 0 Å². The molecule has 0 fully saturated rings. The van der Waals surface area contributed by atoms with Gasteiger partial charge >= 0.3 is 0 Å². The quantitative estimate of drug-likeness (QED) is 0.695. The van der Waals surface area contributed by atoms with E-state index in [0.29, 0.717) is 5.82 Å². The highest BCUT2D eigenvalue weighted by molar-refractivity contribution is 9.10. The van der Waals surface area contributed by atoms with Gasteiger partial charge in [0.2, 0.25) is 0 Å². The summed E-state index contributed by atoms with van der Waals surface area (Å²) < 4.78 is 2.36. The Balaban J connectivity index is 3.22. The first-order valence-electron chi connectivity index (χ1n) is 3.03. The van der Waals surface area contributed by atoms with Crippen LogP contribution < -0.4 is 0 Å². The van der Waals surface area contributed by atoms with E-state index in [9.17, 15) is 0 Å². The minimum Gasteiger partial charge on any atom is -0.245 e. The Hall–Kier alpha value is -0.900. The topological polar surface area (TPSA) is 30.2 Å². The summed E-state index contributed by atoms with van der Waals surface area (Å²) in [6, 6.07) is 1.78. The average molecular weight is 214 g/mol. The molecule has 0 aliphatic rings. The van der Waals surface area contributed by atoms with Crippen LogP contribution in [-0.2, 0) is 0 Å². The molecule has 0 radical (unpaired) electrons. The minimum absolute atomic E-state index is 0.698. The highest BCUT2D eigenvalue weighted by Gasteiger charge is 2.03. The van der Waals surface area contributed by atoms with Crippen LogP contribution in [0.1, 0.15) is 6.92 Å². The molecule has 0 aliphatic heterocycles. The van der Waals surface area contributed by atoms with E-state index in [-0.39, 0.29) is 0 Å². The maximum Gasteiger partial charge on any atom is 0.155 e. The van der Waals surface area contributed by atoms with E-state index in [2.05, 4.69) is 39.3 Å². The predicted octanol–water partition coefficient (Wildman–Crippen LogP) is 2.47. The van der Waals surface area contributed by atoms with Crippen molar-refractivity contribution in [3.63, 3.8) is 0 Å². The molecule has 1 heterocycles. The number of nitrogens with zero attached hydrogens (tertiary/aromatic N) is 3. The van der Waals surface area contributed by atoms with Crippen molar-refractivity contribution in [2.45, 2.75) is 6.92 Å². The molecule has 3 nitrogen and oxygen atoms in total. The Morgan fingerprint density at radius 1 is 1.82 bits per heavy atom. The lowest BCUT2D eigenvalue weighted by molar-refractivity contribution is 0.888. The third kappa shape index (κ3) is 1.57. The van der Waals surface area contributed by atoms with E-state index in [0.717, 1.165) is 10.3 Å². The maximum atomic E-state index is 4.08. The molecule has 0 bridgehead atoms. The number of rotatable bonds is 2. The summed E-state index contributed by atoms with van der Waals surface area (Å²) in [5, 5.41) is 4.08. The lowest BCUT2D eigenvalue weighted by Gasteiger charge is -1.99. The minimum atomic E-state index is 0.698. The summed E-state index contributed by atoms with van der Waals surface area (Å²) in [4.78, 5) is 3.77. The fourth-order valence-electron chi connectivity index (χ4n) is 0.737. The normalized spacial score (nSPS) is 9.64. The standard InChI is InChI=1S/C7H8BrN3/c1-5(2)11-7(9-3)4-6(8)10-11/h4H,1,3H2,2H3. The van der Waals surface area contributed by atoms with E-state index >= 15 is 0 Å². The molecule has 1 rings (SSSR count). The first-order chi connectivity index (χ1) is 5.15. The third-order valence-electron chi connectivity index (χ3n) is 1.18. The van der Waals surface area contributed by atoms with Crippen molar-refractivity contribution in [3.8, 4) is 0 Å². The van der Waals surface area contributed by atoms with Gasteiger partial charge in [-0.25, -0.2) is 9.67 Å². The Bertz CT molecular complexity index is 301. The highest BCUT2D eigenvalue weighted by Crippen LogP contribution is 2.20. The van der Waals surface area contributed by atoms with Gasteiger partial charge in [-0.15, -0.1) is 0 Å². The monoisotopic (exact) mass is 213 g/mol. The van der Waals surface area contributed by atoms with Crippen molar-refractivity contribution in [3.05, 3.63) is 17.2 Å². The van der Waals surface area contributed by atoms with E-state index in [1.165, 1.54) is 0 Å². The predicted molar refractivity (Wildman–Crippen MR) is 50.1 cm³/mol. The van der Waals surface area contributed by atoms with Crippen molar-refractivity contribution in [1.82, 2.24) is 9.78 Å². The maximum absolute atomic E-state index is 4.08. The number of aliphatic imine (C=N–C) groups is 1. The van der Waals surface area contributed by atoms with Gasteiger partial charge in [0.05, 0.1) is 0 Å². The number of hydrogen-bond acceptors (Lipinski definition) is 2. The largest absolute Gasteiger partial charge is 0.245 e. The van der Waals surface area contributed by atoms with Crippen molar-refractivity contribution in [2.75, 3.05) is 0 Å². The molecule has 0 amide bonds. The molecule has 1 aromatic rings. The number of allylic oxidation sites excluding steroid dienone is 1. The SMILES string of the molecule is C=Nc1cc(Br)nn1C(=C)C.